The molecule has 1 aromatic heterocycles. The summed E-state index contributed by atoms with van der Waals surface area (Å²) in [4.78, 5) is 0. The second kappa shape index (κ2) is 4.90. The van der Waals surface area contributed by atoms with E-state index in [2.05, 4.69) is 26.4 Å². The van der Waals surface area contributed by atoms with Gasteiger partial charge in [-0.15, -0.1) is 0 Å². The SMILES string of the molecule is Cc1noc2c1C(c1cc(Br)ccc1F)C(C#N)=C(N)N2. The molecule has 0 fully saturated rings. The summed E-state index contributed by atoms with van der Waals surface area (Å²) >= 11 is 3.32. The van der Waals surface area contributed by atoms with Crippen LogP contribution in [0.25, 0.3) is 0 Å². The van der Waals surface area contributed by atoms with E-state index in [1.54, 1.807) is 19.1 Å². The van der Waals surface area contributed by atoms with Crippen LogP contribution in [0.4, 0.5) is 10.3 Å². The summed E-state index contributed by atoms with van der Waals surface area (Å²) in [5.41, 5.74) is 7.65. The van der Waals surface area contributed by atoms with Gasteiger partial charge >= 0.3 is 0 Å². The largest absolute Gasteiger partial charge is 0.384 e. The van der Waals surface area contributed by atoms with Crippen LogP contribution in [0.2, 0.25) is 0 Å². The zero-order valence-electron chi connectivity index (χ0n) is 10.9. The molecule has 1 atom stereocenters. The van der Waals surface area contributed by atoms with Crippen molar-refractivity contribution in [2.75, 3.05) is 5.32 Å². The molecule has 0 radical (unpaired) electrons. The van der Waals surface area contributed by atoms with Gasteiger partial charge in [-0.1, -0.05) is 21.1 Å². The number of nitrogens with zero attached hydrogens (tertiary/aromatic N) is 2. The lowest BCUT2D eigenvalue weighted by Gasteiger charge is -2.24. The van der Waals surface area contributed by atoms with Crippen LogP contribution in [0.15, 0.2) is 38.6 Å². The molecule has 1 aliphatic rings. The van der Waals surface area contributed by atoms with Gasteiger partial charge in [0.25, 0.3) is 0 Å². The van der Waals surface area contributed by atoms with Crippen LogP contribution in [-0.2, 0) is 0 Å². The van der Waals surface area contributed by atoms with E-state index in [4.69, 9.17) is 10.3 Å². The van der Waals surface area contributed by atoms with E-state index in [9.17, 15) is 9.65 Å². The maximum absolute atomic E-state index is 14.3. The van der Waals surface area contributed by atoms with Crippen molar-refractivity contribution in [3.63, 3.8) is 0 Å². The number of hydrogen-bond donors (Lipinski definition) is 2. The van der Waals surface area contributed by atoms with Gasteiger partial charge in [-0.05, 0) is 25.1 Å². The lowest BCUT2D eigenvalue weighted by molar-refractivity contribution is 0.427. The first-order chi connectivity index (χ1) is 10.0. The second-order valence-electron chi connectivity index (χ2n) is 4.67. The molecule has 1 aliphatic heterocycles. The lowest BCUT2D eigenvalue weighted by atomic mass is 9.83. The van der Waals surface area contributed by atoms with Gasteiger partial charge in [0.1, 0.15) is 11.6 Å². The van der Waals surface area contributed by atoms with Gasteiger partial charge in [0.2, 0.25) is 5.88 Å². The maximum Gasteiger partial charge on any atom is 0.234 e. The Morgan fingerprint density at radius 1 is 1.52 bits per heavy atom. The van der Waals surface area contributed by atoms with Gasteiger partial charge in [-0.25, -0.2) is 4.39 Å². The fourth-order valence-corrected chi connectivity index (χ4v) is 2.85. The number of benzene rings is 1. The van der Waals surface area contributed by atoms with Crippen molar-refractivity contribution in [1.29, 1.82) is 5.26 Å². The third-order valence-corrected chi connectivity index (χ3v) is 3.91. The summed E-state index contributed by atoms with van der Waals surface area (Å²) in [5, 5.41) is 16.0. The van der Waals surface area contributed by atoms with Gasteiger partial charge in [0.15, 0.2) is 0 Å². The molecule has 1 unspecified atom stereocenters. The minimum atomic E-state index is -0.644. The van der Waals surface area contributed by atoms with E-state index in [-0.39, 0.29) is 11.4 Å². The molecule has 3 N–H and O–H groups in total. The predicted molar refractivity (Wildman–Crippen MR) is 77.6 cm³/mol. The minimum Gasteiger partial charge on any atom is -0.384 e. The van der Waals surface area contributed by atoms with Crippen LogP contribution in [0.3, 0.4) is 0 Å². The van der Waals surface area contributed by atoms with Crippen molar-refractivity contribution in [2.45, 2.75) is 12.8 Å². The Labute approximate surface area is 128 Å². The van der Waals surface area contributed by atoms with E-state index in [0.29, 0.717) is 27.2 Å². The Balaban J connectivity index is 2.30. The van der Waals surface area contributed by atoms with Crippen LogP contribution < -0.4 is 11.1 Å². The van der Waals surface area contributed by atoms with Crippen molar-refractivity contribution in [3.8, 4) is 6.07 Å². The van der Waals surface area contributed by atoms with Gasteiger partial charge in [-0.3, -0.25) is 0 Å². The number of fused-ring (bicyclic) bond motifs is 1. The first-order valence-electron chi connectivity index (χ1n) is 6.10. The van der Waals surface area contributed by atoms with E-state index in [1.807, 2.05) is 6.07 Å². The zero-order valence-corrected chi connectivity index (χ0v) is 12.5. The van der Waals surface area contributed by atoms with Crippen LogP contribution in [0.5, 0.6) is 0 Å². The highest BCUT2D eigenvalue weighted by Gasteiger charge is 2.35. The second-order valence-corrected chi connectivity index (χ2v) is 5.59. The molecule has 1 aromatic carbocycles. The van der Waals surface area contributed by atoms with Gasteiger partial charge in [-0.2, -0.15) is 5.26 Å². The Morgan fingerprint density at radius 2 is 2.29 bits per heavy atom. The maximum atomic E-state index is 14.3. The topological polar surface area (TPSA) is 87.9 Å². The molecule has 5 nitrogen and oxygen atoms in total. The number of nitrogens with two attached hydrogens (primary N) is 1. The molecule has 0 amide bonds. The fraction of sp³-hybridized carbons (Fsp3) is 0.143. The minimum absolute atomic E-state index is 0.144. The summed E-state index contributed by atoms with van der Waals surface area (Å²) in [6, 6.07) is 6.62. The number of aryl methyl sites for hydroxylation is 1. The van der Waals surface area contributed by atoms with Crippen molar-refractivity contribution in [1.82, 2.24) is 5.16 Å². The van der Waals surface area contributed by atoms with Crippen LogP contribution in [0.1, 0.15) is 22.7 Å². The highest BCUT2D eigenvalue weighted by Crippen LogP contribution is 2.43. The summed E-state index contributed by atoms with van der Waals surface area (Å²) in [7, 11) is 0. The van der Waals surface area contributed by atoms with E-state index >= 15 is 0 Å². The van der Waals surface area contributed by atoms with E-state index < -0.39 is 11.7 Å². The molecule has 0 bridgehead atoms. The van der Waals surface area contributed by atoms with Crippen molar-refractivity contribution < 1.29 is 8.91 Å². The molecule has 0 aliphatic carbocycles. The van der Waals surface area contributed by atoms with Crippen LogP contribution in [-0.4, -0.2) is 5.16 Å². The smallest absolute Gasteiger partial charge is 0.234 e. The van der Waals surface area contributed by atoms with Crippen molar-refractivity contribution >= 4 is 21.8 Å². The predicted octanol–water partition coefficient (Wildman–Crippen LogP) is 3.14. The Hall–Kier alpha value is -2.33. The molecule has 2 heterocycles. The Bertz CT molecular complexity index is 806. The molecule has 0 saturated carbocycles. The van der Waals surface area contributed by atoms with Gasteiger partial charge < -0.3 is 15.6 Å². The number of halogens is 2. The van der Waals surface area contributed by atoms with Crippen LogP contribution in [0, 0.1) is 24.1 Å². The first kappa shape index (κ1) is 13.6. The number of rotatable bonds is 1. The standard InChI is InChI=1S/C14H10BrFN4O/c1-6-11-12(8-4-7(15)2-3-10(8)16)9(5-17)13(18)19-14(11)21-20-6/h2-4,12,19H,18H2,1H3. The number of nitriles is 1. The molecule has 7 heteroatoms. The average Bonchev–Trinajstić information content (AvgIpc) is 2.81. The van der Waals surface area contributed by atoms with E-state index in [0.717, 1.165) is 0 Å². The van der Waals surface area contributed by atoms with E-state index in [1.165, 1.54) is 6.07 Å². The highest BCUT2D eigenvalue weighted by atomic mass is 79.9. The third-order valence-electron chi connectivity index (χ3n) is 3.41. The molecule has 106 valence electrons. The number of hydrogen-bond acceptors (Lipinski definition) is 5. The molecule has 0 saturated heterocycles. The molecule has 3 rings (SSSR count). The Kier molecular flexibility index (Phi) is 3.18. The first-order valence-corrected chi connectivity index (χ1v) is 6.90. The normalized spacial score (nSPS) is 17.1. The summed E-state index contributed by atoms with van der Waals surface area (Å²) in [5.74, 6) is -0.578. The zero-order chi connectivity index (χ0) is 15.1. The average molecular weight is 349 g/mol. The highest BCUT2D eigenvalue weighted by molar-refractivity contribution is 9.10. The molecular formula is C14H10BrFN4O. The van der Waals surface area contributed by atoms with Crippen LogP contribution >= 0.6 is 15.9 Å². The Morgan fingerprint density at radius 3 is 3.00 bits per heavy atom. The third kappa shape index (κ3) is 2.08. The quantitative estimate of drug-likeness (QED) is 0.826. The summed E-state index contributed by atoms with van der Waals surface area (Å²) in [6.07, 6.45) is 0. The fourth-order valence-electron chi connectivity index (χ4n) is 2.47. The number of allylic oxidation sites excluding steroid dienone is 1. The monoisotopic (exact) mass is 348 g/mol. The molecule has 21 heavy (non-hydrogen) atoms. The summed E-state index contributed by atoms with van der Waals surface area (Å²) in [6.45, 7) is 1.74. The molecule has 2 aromatic rings. The van der Waals surface area contributed by atoms with Gasteiger partial charge in [0, 0.05) is 10.0 Å². The number of nitrogens with one attached hydrogen (secondary N) is 1. The van der Waals surface area contributed by atoms with Gasteiger partial charge in [0.05, 0.1) is 28.8 Å². The van der Waals surface area contributed by atoms with Crippen molar-refractivity contribution in [3.05, 3.63) is 56.7 Å². The lowest BCUT2D eigenvalue weighted by Crippen LogP contribution is -2.23. The molecular weight excluding hydrogens is 339 g/mol. The number of anilines is 1. The van der Waals surface area contributed by atoms with Crippen molar-refractivity contribution in [2.24, 2.45) is 5.73 Å². The molecule has 0 spiro atoms. The number of aromatic nitrogens is 1. The summed E-state index contributed by atoms with van der Waals surface area (Å²) < 4.78 is 20.1.